The minimum atomic E-state index is -0.478. The number of hydrogen-bond acceptors (Lipinski definition) is 6. The molecule has 2 aromatic carbocycles. The quantitative estimate of drug-likeness (QED) is 0.149. The number of carbonyl (C=O) groups is 3. The largest absolute Gasteiger partial charge is 0.464 e. The monoisotopic (exact) mass is 606 g/mol. The van der Waals surface area contributed by atoms with Crippen LogP contribution in [0.3, 0.4) is 0 Å². The molecule has 0 radical (unpaired) electrons. The molecule has 10 heteroatoms. The predicted molar refractivity (Wildman–Crippen MR) is 166 cm³/mol. The molecule has 0 aliphatic heterocycles. The summed E-state index contributed by atoms with van der Waals surface area (Å²) in [5, 5.41) is 2.03. The Morgan fingerprint density at radius 1 is 0.644 bits per heavy atom. The number of hydrogen-bond donors (Lipinski definition) is 0. The van der Waals surface area contributed by atoms with Crippen molar-refractivity contribution in [3.63, 3.8) is 0 Å². The summed E-state index contributed by atoms with van der Waals surface area (Å²) < 4.78 is 22.8. The van der Waals surface area contributed by atoms with Crippen molar-refractivity contribution in [2.75, 3.05) is 7.11 Å². The summed E-state index contributed by atoms with van der Waals surface area (Å²) in [6.45, 7) is 2.16. The van der Waals surface area contributed by atoms with E-state index in [1.54, 1.807) is 45.8 Å². The number of nitrogens with zero attached hydrogens (tertiary/aromatic N) is 4. The molecule has 0 aliphatic rings. The molecule has 45 heavy (non-hydrogen) atoms. The van der Waals surface area contributed by atoms with E-state index in [9.17, 15) is 14.4 Å². The van der Waals surface area contributed by atoms with Crippen LogP contribution in [0.15, 0.2) is 110 Å². The van der Waals surface area contributed by atoms with Crippen LogP contribution < -0.4 is 9.13 Å². The standard InChI is InChI=1S/C18H17N2O4.C17H17N2O2/c1-19-9-5-7-14(11-19)17(21)24-12-20-15-8-4-3-6-13(15)10-16(20)18(22)23-2;1-13-10-14-6-3-4-8-16(14)19(13)12-21-17(20)15-7-5-9-18(2)11-15/h3-11H,12H2,1-2H3;3-11H,12H2,1-2H3/q2*+1. The molecule has 0 unspecified atom stereocenters. The molecular formula is C35H34N4O6+2. The first kappa shape index (κ1) is 30.7. The first-order valence-corrected chi connectivity index (χ1v) is 14.2. The number of pyridine rings is 2. The van der Waals surface area contributed by atoms with Gasteiger partial charge in [0, 0.05) is 23.2 Å². The Kier molecular flexibility index (Phi) is 9.33. The Balaban J connectivity index is 0.000000179. The number of para-hydroxylation sites is 2. The summed E-state index contributed by atoms with van der Waals surface area (Å²) in [6, 6.07) is 26.4. The lowest BCUT2D eigenvalue weighted by molar-refractivity contribution is -0.671. The molecule has 0 aliphatic carbocycles. The van der Waals surface area contributed by atoms with Crippen LogP contribution in [0.5, 0.6) is 0 Å². The highest BCUT2D eigenvalue weighted by Crippen LogP contribution is 2.21. The van der Waals surface area contributed by atoms with Crippen LogP contribution >= 0.6 is 0 Å². The zero-order chi connectivity index (χ0) is 31.9. The van der Waals surface area contributed by atoms with E-state index in [0.717, 1.165) is 27.5 Å². The van der Waals surface area contributed by atoms with Gasteiger partial charge in [0.25, 0.3) is 0 Å². The molecule has 0 saturated heterocycles. The second-order valence-corrected chi connectivity index (χ2v) is 10.4. The van der Waals surface area contributed by atoms with E-state index >= 15 is 0 Å². The van der Waals surface area contributed by atoms with Crippen LogP contribution in [-0.2, 0) is 41.8 Å². The Hall–Kier alpha value is -5.77. The fourth-order valence-electron chi connectivity index (χ4n) is 4.97. The molecule has 0 bridgehead atoms. The summed E-state index contributed by atoms with van der Waals surface area (Å²) >= 11 is 0. The van der Waals surface area contributed by atoms with Crippen molar-refractivity contribution in [1.82, 2.24) is 9.13 Å². The predicted octanol–water partition coefficient (Wildman–Crippen LogP) is 4.66. The second-order valence-electron chi connectivity index (χ2n) is 10.4. The first-order chi connectivity index (χ1) is 21.7. The lowest BCUT2D eigenvalue weighted by Crippen LogP contribution is -2.28. The average molecular weight is 607 g/mol. The molecule has 4 aromatic heterocycles. The van der Waals surface area contributed by atoms with Gasteiger partial charge in [0.05, 0.1) is 18.1 Å². The summed E-state index contributed by atoms with van der Waals surface area (Å²) in [4.78, 5) is 36.3. The van der Waals surface area contributed by atoms with Crippen molar-refractivity contribution in [3.8, 4) is 0 Å². The molecular weight excluding hydrogens is 572 g/mol. The lowest BCUT2D eigenvalue weighted by Gasteiger charge is -2.10. The van der Waals surface area contributed by atoms with E-state index < -0.39 is 11.9 Å². The van der Waals surface area contributed by atoms with E-state index in [4.69, 9.17) is 14.2 Å². The maximum absolute atomic E-state index is 12.2. The SMILES string of the molecule is COC(=O)c1cc2ccccc2n1COC(=O)c1ccc[n+](C)c1.Cc1cc2ccccc2n1COC(=O)c1ccc[n+](C)c1. The number of aromatic nitrogens is 4. The number of rotatable bonds is 7. The molecule has 0 spiro atoms. The number of fused-ring (bicyclic) bond motifs is 2. The van der Waals surface area contributed by atoms with Gasteiger partial charge in [0.15, 0.2) is 38.2 Å². The summed E-state index contributed by atoms with van der Waals surface area (Å²) in [5.41, 5.74) is 4.27. The average Bonchev–Trinajstić information content (AvgIpc) is 3.58. The number of benzene rings is 2. The Morgan fingerprint density at radius 2 is 1.13 bits per heavy atom. The maximum atomic E-state index is 12.2. The van der Waals surface area contributed by atoms with E-state index in [1.165, 1.54) is 7.11 Å². The number of aryl methyl sites for hydroxylation is 3. The Morgan fingerprint density at radius 3 is 1.67 bits per heavy atom. The van der Waals surface area contributed by atoms with Gasteiger partial charge in [-0.25, -0.2) is 23.5 Å². The molecule has 4 heterocycles. The fraction of sp³-hybridized carbons (Fsp3) is 0.171. The van der Waals surface area contributed by atoms with Gasteiger partial charge in [-0.15, -0.1) is 0 Å². The molecule has 6 aromatic rings. The van der Waals surface area contributed by atoms with Crippen molar-refractivity contribution in [1.29, 1.82) is 0 Å². The highest BCUT2D eigenvalue weighted by molar-refractivity contribution is 5.96. The van der Waals surface area contributed by atoms with Crippen molar-refractivity contribution >= 4 is 39.7 Å². The summed E-state index contributed by atoms with van der Waals surface area (Å²) in [7, 11) is 5.02. The highest BCUT2D eigenvalue weighted by Gasteiger charge is 2.18. The van der Waals surface area contributed by atoms with Crippen LogP contribution in [0.1, 0.15) is 36.9 Å². The molecule has 228 valence electrons. The van der Waals surface area contributed by atoms with Crippen LogP contribution in [0.25, 0.3) is 21.8 Å². The van der Waals surface area contributed by atoms with Gasteiger partial charge in [0.2, 0.25) is 0 Å². The smallest absolute Gasteiger partial charge is 0.354 e. The fourth-order valence-corrected chi connectivity index (χ4v) is 4.97. The van der Waals surface area contributed by atoms with Crippen LogP contribution in [0, 0.1) is 6.92 Å². The first-order valence-electron chi connectivity index (χ1n) is 14.2. The minimum absolute atomic E-state index is 0.0740. The summed E-state index contributed by atoms with van der Waals surface area (Å²) in [6.07, 6.45) is 7.13. The van der Waals surface area contributed by atoms with Gasteiger partial charge in [0.1, 0.15) is 30.9 Å². The molecule has 0 N–H and O–H groups in total. The maximum Gasteiger partial charge on any atom is 0.354 e. The second kappa shape index (κ2) is 13.7. The van der Waals surface area contributed by atoms with Crippen LogP contribution in [-0.4, -0.2) is 34.2 Å². The Labute approximate surface area is 260 Å². The number of carbonyl (C=O) groups excluding carboxylic acids is 3. The van der Waals surface area contributed by atoms with Gasteiger partial charge in [-0.1, -0.05) is 36.4 Å². The number of methoxy groups -OCH3 is 1. The third-order valence-electron chi connectivity index (χ3n) is 7.22. The van der Waals surface area contributed by atoms with Crippen molar-refractivity contribution < 1.29 is 37.7 Å². The van der Waals surface area contributed by atoms with E-state index in [1.807, 2.05) is 91.1 Å². The third-order valence-corrected chi connectivity index (χ3v) is 7.22. The molecule has 0 saturated carbocycles. The van der Waals surface area contributed by atoms with Crippen LogP contribution in [0.2, 0.25) is 0 Å². The topological polar surface area (TPSA) is 96.5 Å². The molecule has 0 fully saturated rings. The zero-order valence-corrected chi connectivity index (χ0v) is 25.5. The zero-order valence-electron chi connectivity index (χ0n) is 25.5. The van der Waals surface area contributed by atoms with Gasteiger partial charge in [-0.05, 0) is 48.7 Å². The summed E-state index contributed by atoms with van der Waals surface area (Å²) in [5.74, 6) is -1.25. The molecule has 6 rings (SSSR count). The molecule has 0 amide bonds. The van der Waals surface area contributed by atoms with Gasteiger partial charge < -0.3 is 23.3 Å². The van der Waals surface area contributed by atoms with Crippen molar-refractivity contribution in [2.45, 2.75) is 20.4 Å². The van der Waals surface area contributed by atoms with Gasteiger partial charge >= 0.3 is 17.9 Å². The highest BCUT2D eigenvalue weighted by atomic mass is 16.5. The normalized spacial score (nSPS) is 10.7. The minimum Gasteiger partial charge on any atom is -0.464 e. The molecule has 0 atom stereocenters. The third kappa shape index (κ3) is 7.07. The van der Waals surface area contributed by atoms with E-state index in [-0.39, 0.29) is 19.4 Å². The van der Waals surface area contributed by atoms with E-state index in [2.05, 4.69) is 12.1 Å². The lowest BCUT2D eigenvalue weighted by atomic mass is 10.2. The number of esters is 3. The van der Waals surface area contributed by atoms with E-state index in [0.29, 0.717) is 16.8 Å². The Bertz CT molecular complexity index is 2010. The molecule has 10 nitrogen and oxygen atoms in total. The van der Waals surface area contributed by atoms with Crippen LogP contribution in [0.4, 0.5) is 0 Å². The number of ether oxygens (including phenoxy) is 3. The van der Waals surface area contributed by atoms with Crippen molar-refractivity contribution in [2.24, 2.45) is 14.1 Å². The van der Waals surface area contributed by atoms with Gasteiger partial charge in [-0.2, -0.15) is 0 Å². The van der Waals surface area contributed by atoms with Crippen molar-refractivity contribution in [3.05, 3.63) is 132 Å². The van der Waals surface area contributed by atoms with Gasteiger partial charge in [-0.3, -0.25) is 0 Å².